The molecule has 1 aromatic carbocycles. The Bertz CT molecular complexity index is 268. The first-order chi connectivity index (χ1) is 5.68. The fraction of sp³-hybridized carbons (Fsp3) is 0.400. The van der Waals surface area contributed by atoms with Crippen LogP contribution in [0.2, 0.25) is 0 Å². The molecule has 2 atom stereocenters. The van der Waals surface area contributed by atoms with Crippen LogP contribution >= 0.6 is 27.7 Å². The zero-order valence-electron chi connectivity index (χ0n) is 6.96. The number of benzene rings is 1. The molecule has 12 heavy (non-hydrogen) atoms. The van der Waals surface area contributed by atoms with Gasteiger partial charge >= 0.3 is 0 Å². The molecule has 2 rings (SSSR count). The van der Waals surface area contributed by atoms with Gasteiger partial charge in [-0.1, -0.05) is 34.1 Å². The van der Waals surface area contributed by atoms with E-state index in [0.29, 0.717) is 4.32 Å². The highest BCUT2D eigenvalue weighted by Crippen LogP contribution is 2.54. The van der Waals surface area contributed by atoms with E-state index in [4.69, 9.17) is 0 Å². The molecule has 1 aromatic rings. The normalized spacial score (nSPS) is 33.3. The Morgan fingerprint density at radius 3 is 2.50 bits per heavy atom. The third-order valence-electron chi connectivity index (χ3n) is 2.12. The zero-order valence-corrected chi connectivity index (χ0v) is 9.36. The highest BCUT2D eigenvalue weighted by molar-refractivity contribution is 9.10. The van der Waals surface area contributed by atoms with Gasteiger partial charge < -0.3 is 0 Å². The molecule has 2 heteroatoms. The van der Waals surface area contributed by atoms with Crippen LogP contribution < -0.4 is 0 Å². The lowest BCUT2D eigenvalue weighted by atomic mass is 10.4. The predicted octanol–water partition coefficient (Wildman–Crippen LogP) is 3.70. The van der Waals surface area contributed by atoms with Gasteiger partial charge in [-0.25, -0.2) is 0 Å². The van der Waals surface area contributed by atoms with Crippen LogP contribution in [0.3, 0.4) is 0 Å². The quantitative estimate of drug-likeness (QED) is 0.713. The molecule has 1 fully saturated rings. The van der Waals surface area contributed by atoms with E-state index in [9.17, 15) is 0 Å². The van der Waals surface area contributed by atoms with Crippen LogP contribution in [0.15, 0.2) is 35.2 Å². The summed E-state index contributed by atoms with van der Waals surface area (Å²) < 4.78 is 0.396. The summed E-state index contributed by atoms with van der Waals surface area (Å²) in [6.07, 6.45) is 1.28. The second-order valence-corrected chi connectivity index (χ2v) is 6.49. The minimum absolute atomic E-state index is 0.396. The van der Waals surface area contributed by atoms with Crippen molar-refractivity contribution in [3.8, 4) is 0 Å². The van der Waals surface area contributed by atoms with E-state index in [-0.39, 0.29) is 0 Å². The van der Waals surface area contributed by atoms with Gasteiger partial charge in [0.05, 0.1) is 0 Å². The monoisotopic (exact) mass is 242 g/mol. The van der Waals surface area contributed by atoms with Gasteiger partial charge in [0.15, 0.2) is 0 Å². The summed E-state index contributed by atoms with van der Waals surface area (Å²) in [6, 6.07) is 10.6. The molecule has 0 aromatic heterocycles. The SMILES string of the molecule is CC1(Br)CC1Sc1ccccc1. The molecule has 0 saturated heterocycles. The van der Waals surface area contributed by atoms with Gasteiger partial charge in [-0.05, 0) is 25.5 Å². The molecule has 0 spiro atoms. The molecule has 0 N–H and O–H groups in total. The maximum absolute atomic E-state index is 3.69. The third-order valence-corrected chi connectivity index (χ3v) is 4.81. The first-order valence-electron chi connectivity index (χ1n) is 4.09. The molecule has 0 amide bonds. The minimum Gasteiger partial charge on any atom is -0.121 e. The molecule has 0 heterocycles. The maximum atomic E-state index is 3.69. The molecule has 1 saturated carbocycles. The Balaban J connectivity index is 1.98. The summed E-state index contributed by atoms with van der Waals surface area (Å²) in [4.78, 5) is 1.38. The van der Waals surface area contributed by atoms with Crippen LogP contribution in [0.25, 0.3) is 0 Å². The van der Waals surface area contributed by atoms with Gasteiger partial charge in [0, 0.05) is 14.5 Å². The lowest BCUT2D eigenvalue weighted by molar-refractivity contribution is 1.08. The van der Waals surface area contributed by atoms with Crippen molar-refractivity contribution in [1.29, 1.82) is 0 Å². The molecule has 1 aliphatic rings. The summed E-state index contributed by atoms with van der Waals surface area (Å²) in [5.41, 5.74) is 0. The Morgan fingerprint density at radius 1 is 1.42 bits per heavy atom. The van der Waals surface area contributed by atoms with Crippen molar-refractivity contribution in [2.24, 2.45) is 0 Å². The molecular formula is C10H11BrS. The topological polar surface area (TPSA) is 0 Å². The van der Waals surface area contributed by atoms with E-state index in [1.165, 1.54) is 11.3 Å². The molecule has 0 nitrogen and oxygen atoms in total. The van der Waals surface area contributed by atoms with E-state index in [1.54, 1.807) is 0 Å². The Morgan fingerprint density at radius 2 is 2.00 bits per heavy atom. The molecule has 0 bridgehead atoms. The predicted molar refractivity (Wildman–Crippen MR) is 58.0 cm³/mol. The standard InChI is InChI=1S/C10H11BrS/c1-10(11)7-9(10)12-8-5-3-2-4-6-8/h2-6,9H,7H2,1H3. The lowest BCUT2D eigenvalue weighted by Crippen LogP contribution is -1.92. The highest BCUT2D eigenvalue weighted by Gasteiger charge is 2.48. The summed E-state index contributed by atoms with van der Waals surface area (Å²) in [5, 5.41) is 0.764. The number of rotatable bonds is 2. The van der Waals surface area contributed by atoms with Crippen molar-refractivity contribution in [2.45, 2.75) is 27.8 Å². The summed E-state index contributed by atoms with van der Waals surface area (Å²) in [5.74, 6) is 0. The van der Waals surface area contributed by atoms with Crippen LogP contribution in [0.1, 0.15) is 13.3 Å². The Hall–Kier alpha value is 0.0500. The molecule has 2 unspecified atom stereocenters. The molecule has 1 aliphatic carbocycles. The van der Waals surface area contributed by atoms with E-state index >= 15 is 0 Å². The summed E-state index contributed by atoms with van der Waals surface area (Å²) in [6.45, 7) is 2.26. The number of hydrogen-bond donors (Lipinski definition) is 0. The van der Waals surface area contributed by atoms with Crippen LogP contribution in [-0.2, 0) is 0 Å². The molecular weight excluding hydrogens is 232 g/mol. The van der Waals surface area contributed by atoms with Gasteiger partial charge in [0.2, 0.25) is 0 Å². The smallest absolute Gasteiger partial charge is 0.0363 e. The molecule has 0 radical (unpaired) electrons. The van der Waals surface area contributed by atoms with Crippen molar-refractivity contribution in [3.63, 3.8) is 0 Å². The van der Waals surface area contributed by atoms with Crippen molar-refractivity contribution in [3.05, 3.63) is 30.3 Å². The van der Waals surface area contributed by atoms with Crippen molar-refractivity contribution in [1.82, 2.24) is 0 Å². The number of alkyl halides is 1. The van der Waals surface area contributed by atoms with E-state index < -0.39 is 0 Å². The molecule has 0 aliphatic heterocycles. The number of hydrogen-bond acceptors (Lipinski definition) is 1. The van der Waals surface area contributed by atoms with Crippen molar-refractivity contribution < 1.29 is 0 Å². The first-order valence-corrected chi connectivity index (χ1v) is 5.76. The third kappa shape index (κ3) is 1.86. The summed E-state index contributed by atoms with van der Waals surface area (Å²) in [7, 11) is 0. The Kier molecular flexibility index (Phi) is 2.21. The van der Waals surface area contributed by atoms with E-state index in [0.717, 1.165) is 5.25 Å². The largest absolute Gasteiger partial charge is 0.121 e. The summed E-state index contributed by atoms with van der Waals surface area (Å²) >= 11 is 5.66. The van der Waals surface area contributed by atoms with Gasteiger partial charge in [0.25, 0.3) is 0 Å². The van der Waals surface area contributed by atoms with Crippen molar-refractivity contribution >= 4 is 27.7 Å². The molecule has 64 valence electrons. The second kappa shape index (κ2) is 3.08. The van der Waals surface area contributed by atoms with E-state index in [1.807, 2.05) is 11.8 Å². The number of halogens is 1. The van der Waals surface area contributed by atoms with Crippen LogP contribution in [0.4, 0.5) is 0 Å². The maximum Gasteiger partial charge on any atom is 0.0363 e. The average Bonchev–Trinajstić information content (AvgIpc) is 2.61. The fourth-order valence-electron chi connectivity index (χ4n) is 1.13. The van der Waals surface area contributed by atoms with Crippen LogP contribution in [0.5, 0.6) is 0 Å². The Labute approximate surface area is 85.9 Å². The van der Waals surface area contributed by atoms with E-state index in [2.05, 4.69) is 53.2 Å². The lowest BCUT2D eigenvalue weighted by Gasteiger charge is -2.00. The zero-order chi connectivity index (χ0) is 8.60. The van der Waals surface area contributed by atoms with Crippen LogP contribution in [0, 0.1) is 0 Å². The number of thioether (sulfide) groups is 1. The van der Waals surface area contributed by atoms with Crippen LogP contribution in [-0.4, -0.2) is 9.57 Å². The fourth-order valence-corrected chi connectivity index (χ4v) is 3.27. The highest BCUT2D eigenvalue weighted by atomic mass is 79.9. The van der Waals surface area contributed by atoms with Gasteiger partial charge in [-0.15, -0.1) is 11.8 Å². The van der Waals surface area contributed by atoms with Gasteiger partial charge in [-0.3, -0.25) is 0 Å². The average molecular weight is 243 g/mol. The minimum atomic E-state index is 0.396. The second-order valence-electron chi connectivity index (χ2n) is 3.40. The van der Waals surface area contributed by atoms with Gasteiger partial charge in [0.1, 0.15) is 0 Å². The first kappa shape index (κ1) is 8.64. The van der Waals surface area contributed by atoms with Gasteiger partial charge in [-0.2, -0.15) is 0 Å². The van der Waals surface area contributed by atoms with Crippen molar-refractivity contribution in [2.75, 3.05) is 0 Å².